The summed E-state index contributed by atoms with van der Waals surface area (Å²) in [6.45, 7) is 6.34. The van der Waals surface area contributed by atoms with Gasteiger partial charge in [0, 0.05) is 38.2 Å². The molecule has 0 saturated carbocycles. The van der Waals surface area contributed by atoms with Gasteiger partial charge in [-0.2, -0.15) is 0 Å². The summed E-state index contributed by atoms with van der Waals surface area (Å²) < 4.78 is 34.6. The molecule has 0 spiro atoms. The van der Waals surface area contributed by atoms with Crippen LogP contribution in [0.2, 0.25) is 0 Å². The number of ether oxygens (including phenoxy) is 2. The van der Waals surface area contributed by atoms with Crippen molar-refractivity contribution in [3.63, 3.8) is 0 Å². The smallest absolute Gasteiger partial charge is 0.345 e. The van der Waals surface area contributed by atoms with Crippen molar-refractivity contribution in [2.45, 2.75) is 24.2 Å². The van der Waals surface area contributed by atoms with Gasteiger partial charge in [-0.3, -0.25) is 4.57 Å². The third-order valence-electron chi connectivity index (χ3n) is 4.46. The van der Waals surface area contributed by atoms with Crippen molar-refractivity contribution >= 4 is 41.2 Å². The van der Waals surface area contributed by atoms with E-state index in [4.69, 9.17) is 41.5 Å². The summed E-state index contributed by atoms with van der Waals surface area (Å²) >= 11 is 5.47. The van der Waals surface area contributed by atoms with Crippen LogP contribution in [-0.4, -0.2) is 121 Å². The summed E-state index contributed by atoms with van der Waals surface area (Å²) in [4.78, 5) is 2.08. The molecular formula is C16H31B2N3O4P2S. The molecule has 12 heteroatoms. The first kappa shape index (κ1) is 24.8. The summed E-state index contributed by atoms with van der Waals surface area (Å²) in [6, 6.07) is -2.44. The van der Waals surface area contributed by atoms with Crippen molar-refractivity contribution in [3.05, 3.63) is 11.9 Å². The third-order valence-corrected chi connectivity index (χ3v) is 8.25. The Morgan fingerprint density at radius 3 is 2.39 bits per heavy atom. The highest BCUT2D eigenvalue weighted by atomic mass is 32.4. The maximum absolute atomic E-state index is 13.7. The highest BCUT2D eigenvalue weighted by molar-refractivity contribution is 8.15. The van der Waals surface area contributed by atoms with Crippen LogP contribution >= 0.6 is 13.7 Å². The van der Waals surface area contributed by atoms with Gasteiger partial charge in [0.15, 0.2) is 0 Å². The molecular weight excluding hydrogens is 414 g/mol. The number of hydrogen-bond donors (Lipinski definition) is 0. The van der Waals surface area contributed by atoms with Gasteiger partial charge in [-0.25, -0.2) is 9.34 Å². The van der Waals surface area contributed by atoms with Gasteiger partial charge < -0.3 is 18.9 Å². The Morgan fingerprint density at radius 2 is 1.82 bits per heavy atom. The summed E-state index contributed by atoms with van der Waals surface area (Å²) in [7, 11) is 14.1. The number of rotatable bonds is 7. The highest BCUT2D eigenvalue weighted by Crippen LogP contribution is 2.53. The van der Waals surface area contributed by atoms with Crippen LogP contribution in [0, 0.1) is 0 Å². The van der Waals surface area contributed by atoms with E-state index in [1.54, 1.807) is 23.4 Å². The fourth-order valence-corrected chi connectivity index (χ4v) is 6.01. The third kappa shape index (κ3) is 7.33. The van der Waals surface area contributed by atoms with E-state index in [2.05, 4.69) is 4.90 Å². The van der Waals surface area contributed by atoms with Crippen LogP contribution in [0.4, 0.5) is 0 Å². The predicted molar refractivity (Wildman–Crippen MR) is 120 cm³/mol. The number of morpholine rings is 2. The molecule has 0 N–H and O–H groups in total. The molecule has 0 aromatic rings. The Bertz CT molecular complexity index is 641. The minimum absolute atomic E-state index is 0.186. The first-order valence-corrected chi connectivity index (χ1v) is 14.6. The standard InChI is InChI=1S/C16H31B2N3O4P2S/c1-19(2)27(22,23-12-14-8-20(3)10-15(17)25-14)21-9-13(24-16(18)11-21)6-7-26(4,5)28/h6-7,13-16H,8-12H2,1-5H3/b7-6+/t13-,14+,15-,16-,27?/m1/s1. The predicted octanol–water partition coefficient (Wildman–Crippen LogP) is 0.946. The lowest BCUT2D eigenvalue weighted by Gasteiger charge is -2.42. The average Bonchev–Trinajstić information content (AvgIpc) is 2.56. The minimum Gasteiger partial charge on any atom is -0.380 e. The van der Waals surface area contributed by atoms with E-state index in [-0.39, 0.29) is 24.8 Å². The summed E-state index contributed by atoms with van der Waals surface area (Å²) in [6.07, 6.45) is 1.41. The molecule has 2 rings (SSSR count). The summed E-state index contributed by atoms with van der Waals surface area (Å²) in [5, 5.41) is 0. The van der Waals surface area contributed by atoms with Crippen molar-refractivity contribution in [3.8, 4) is 0 Å². The molecule has 4 radical (unpaired) electrons. The van der Waals surface area contributed by atoms with Crippen LogP contribution in [0.1, 0.15) is 0 Å². The zero-order valence-electron chi connectivity index (χ0n) is 17.4. The van der Waals surface area contributed by atoms with E-state index in [9.17, 15) is 4.57 Å². The Kier molecular flexibility index (Phi) is 9.04. The highest BCUT2D eigenvalue weighted by Gasteiger charge is 2.40. The molecule has 0 aromatic heterocycles. The normalized spacial score (nSPS) is 33.4. The van der Waals surface area contributed by atoms with Gasteiger partial charge in [-0.15, -0.1) is 0 Å². The monoisotopic (exact) mass is 445 g/mol. The van der Waals surface area contributed by atoms with Crippen molar-refractivity contribution in [1.29, 1.82) is 0 Å². The molecule has 2 heterocycles. The molecule has 28 heavy (non-hydrogen) atoms. The van der Waals surface area contributed by atoms with Crippen LogP contribution in [0.3, 0.4) is 0 Å². The quantitative estimate of drug-likeness (QED) is 0.425. The van der Waals surface area contributed by atoms with Crippen LogP contribution < -0.4 is 0 Å². The molecule has 5 atom stereocenters. The van der Waals surface area contributed by atoms with E-state index < -0.39 is 19.7 Å². The van der Waals surface area contributed by atoms with Crippen molar-refractivity contribution in [2.75, 3.05) is 67.3 Å². The second-order valence-corrected chi connectivity index (χ2v) is 16.6. The number of nitrogens with zero attached hydrogens (tertiary/aromatic N) is 3. The van der Waals surface area contributed by atoms with Crippen LogP contribution in [0.5, 0.6) is 0 Å². The number of hydrogen-bond acceptors (Lipinski definition) is 6. The maximum Gasteiger partial charge on any atom is 0.345 e. The average molecular weight is 445 g/mol. The molecule has 0 aromatic carbocycles. The maximum atomic E-state index is 13.7. The van der Waals surface area contributed by atoms with E-state index >= 15 is 0 Å². The molecule has 0 aliphatic carbocycles. The molecule has 156 valence electrons. The second-order valence-electron chi connectivity index (χ2n) is 8.01. The SMILES string of the molecule is [B][C@H]1CN(C)C[C@@H](COP(=O)(N(C)C)N2C[C@@H](/C=C/P(C)(C)=S)O[C@@H]([B])C2)O1. The van der Waals surface area contributed by atoms with Crippen molar-refractivity contribution < 1.29 is 18.6 Å². The molecule has 0 bridgehead atoms. The van der Waals surface area contributed by atoms with E-state index in [1.165, 1.54) is 0 Å². The van der Waals surface area contributed by atoms with Gasteiger partial charge in [0.05, 0.1) is 18.8 Å². The van der Waals surface area contributed by atoms with E-state index in [0.29, 0.717) is 26.2 Å². The van der Waals surface area contributed by atoms with Gasteiger partial charge in [0.1, 0.15) is 15.7 Å². The molecule has 2 fully saturated rings. The Labute approximate surface area is 177 Å². The molecule has 2 saturated heterocycles. The van der Waals surface area contributed by atoms with Gasteiger partial charge in [-0.05, 0) is 40.5 Å². The molecule has 0 amide bonds. The largest absolute Gasteiger partial charge is 0.380 e. The van der Waals surface area contributed by atoms with Gasteiger partial charge in [0.2, 0.25) is 0 Å². The first-order valence-electron chi connectivity index (χ1n) is 9.31. The Hall–Kier alpha value is 0.510. The van der Waals surface area contributed by atoms with Crippen molar-refractivity contribution in [2.24, 2.45) is 0 Å². The topological polar surface area (TPSA) is 54.5 Å². The Morgan fingerprint density at radius 1 is 1.18 bits per heavy atom. The lowest BCUT2D eigenvalue weighted by molar-refractivity contribution is -0.0635. The zero-order valence-corrected chi connectivity index (χ0v) is 20.0. The van der Waals surface area contributed by atoms with Gasteiger partial charge >= 0.3 is 7.67 Å². The first-order chi connectivity index (χ1) is 12.9. The van der Waals surface area contributed by atoms with Gasteiger partial charge in [0.25, 0.3) is 0 Å². The van der Waals surface area contributed by atoms with Gasteiger partial charge in [-0.1, -0.05) is 23.7 Å². The molecule has 7 nitrogen and oxygen atoms in total. The lowest BCUT2D eigenvalue weighted by atomic mass is 9.98. The van der Waals surface area contributed by atoms with Crippen LogP contribution in [0.15, 0.2) is 11.9 Å². The van der Waals surface area contributed by atoms with Crippen LogP contribution in [-0.2, 0) is 30.4 Å². The zero-order chi connectivity index (χ0) is 21.1. The summed E-state index contributed by atoms with van der Waals surface area (Å²) in [5.41, 5.74) is 0. The fourth-order valence-electron chi connectivity index (χ4n) is 3.20. The molecule has 1 unspecified atom stereocenters. The van der Waals surface area contributed by atoms with Crippen LogP contribution in [0.25, 0.3) is 0 Å². The summed E-state index contributed by atoms with van der Waals surface area (Å²) in [5.74, 6) is 2.01. The minimum atomic E-state index is -3.30. The lowest BCUT2D eigenvalue weighted by Crippen LogP contribution is -2.49. The molecule has 2 aliphatic heterocycles. The van der Waals surface area contributed by atoms with E-state index in [0.717, 1.165) is 0 Å². The van der Waals surface area contributed by atoms with Crippen molar-refractivity contribution in [1.82, 2.24) is 14.2 Å². The fraction of sp³-hybridized carbons (Fsp3) is 0.875. The Balaban J connectivity index is 2.08. The molecule has 2 aliphatic rings. The number of likely N-dealkylation sites (N-methyl/N-ethyl adjacent to an activating group) is 1. The second kappa shape index (κ2) is 10.2. The van der Waals surface area contributed by atoms with E-state index in [1.807, 2.05) is 32.3 Å².